The molecule has 0 spiro atoms. The summed E-state index contributed by atoms with van der Waals surface area (Å²) in [6, 6.07) is 0.887. The maximum Gasteiger partial charge on any atom is 0.00931 e. The summed E-state index contributed by atoms with van der Waals surface area (Å²) in [6.07, 6.45) is 8.02. The van der Waals surface area contributed by atoms with Crippen LogP contribution < -0.4 is 5.73 Å². The molecule has 0 aliphatic carbocycles. The molecule has 1 unspecified atom stereocenters. The molecule has 0 saturated carbocycles. The molecule has 0 radical (unpaired) electrons. The quantitative estimate of drug-likeness (QED) is 0.640. The molecule has 2 heteroatoms. The van der Waals surface area contributed by atoms with Crippen molar-refractivity contribution in [3.8, 4) is 0 Å². The first-order chi connectivity index (χ1) is 6.38. The maximum absolute atomic E-state index is 5.46. The Bertz CT molecular complexity index is 125. The lowest BCUT2D eigenvalue weighted by Gasteiger charge is -2.22. The van der Waals surface area contributed by atoms with E-state index >= 15 is 0 Å². The van der Waals surface area contributed by atoms with E-state index < -0.39 is 0 Å². The second-order valence-corrected chi connectivity index (χ2v) is 4.09. The summed E-state index contributed by atoms with van der Waals surface area (Å²) in [7, 11) is 0. The third kappa shape index (κ3) is 3.65. The van der Waals surface area contributed by atoms with Gasteiger partial charge in [-0.1, -0.05) is 13.3 Å². The molecule has 0 aromatic rings. The summed E-state index contributed by atoms with van der Waals surface area (Å²) in [5.74, 6) is 0. The Balaban J connectivity index is 2.06. The number of hydrogen-bond acceptors (Lipinski definition) is 2. The second kappa shape index (κ2) is 6.39. The zero-order valence-electron chi connectivity index (χ0n) is 8.97. The van der Waals surface area contributed by atoms with Crippen molar-refractivity contribution in [2.75, 3.05) is 19.6 Å². The molecule has 2 N–H and O–H groups in total. The van der Waals surface area contributed by atoms with E-state index in [0.717, 1.165) is 12.6 Å². The van der Waals surface area contributed by atoms with E-state index in [0.29, 0.717) is 0 Å². The largest absolute Gasteiger partial charge is 0.330 e. The molecular weight excluding hydrogens is 160 g/mol. The first kappa shape index (κ1) is 11.0. The van der Waals surface area contributed by atoms with E-state index in [1.165, 1.54) is 51.6 Å². The minimum Gasteiger partial charge on any atom is -0.330 e. The van der Waals surface area contributed by atoms with Crippen LogP contribution in [0.3, 0.4) is 0 Å². The van der Waals surface area contributed by atoms with Crippen molar-refractivity contribution < 1.29 is 0 Å². The Labute approximate surface area is 82.5 Å². The van der Waals surface area contributed by atoms with Crippen LogP contribution >= 0.6 is 0 Å². The Morgan fingerprint density at radius 3 is 2.85 bits per heavy atom. The van der Waals surface area contributed by atoms with Crippen LogP contribution in [0.15, 0.2) is 0 Å². The highest BCUT2D eigenvalue weighted by Crippen LogP contribution is 2.19. The Morgan fingerprint density at radius 2 is 2.15 bits per heavy atom. The van der Waals surface area contributed by atoms with E-state index in [2.05, 4.69) is 11.8 Å². The van der Waals surface area contributed by atoms with Gasteiger partial charge in [-0.3, -0.25) is 0 Å². The Morgan fingerprint density at radius 1 is 1.31 bits per heavy atom. The fraction of sp³-hybridized carbons (Fsp3) is 1.00. The van der Waals surface area contributed by atoms with Gasteiger partial charge in [0, 0.05) is 6.04 Å². The monoisotopic (exact) mass is 184 g/mol. The zero-order chi connectivity index (χ0) is 9.52. The molecule has 1 heterocycles. The highest BCUT2D eigenvalue weighted by atomic mass is 15.2. The van der Waals surface area contributed by atoms with Crippen LogP contribution in [0.2, 0.25) is 0 Å². The first-order valence-electron chi connectivity index (χ1n) is 5.82. The van der Waals surface area contributed by atoms with Crippen molar-refractivity contribution in [3.05, 3.63) is 0 Å². The summed E-state index contributed by atoms with van der Waals surface area (Å²) in [6.45, 7) is 5.81. The van der Waals surface area contributed by atoms with Crippen LogP contribution in [0.5, 0.6) is 0 Å². The lowest BCUT2D eigenvalue weighted by molar-refractivity contribution is 0.243. The number of rotatable bonds is 6. The molecule has 1 aliphatic rings. The second-order valence-electron chi connectivity index (χ2n) is 4.09. The minimum absolute atomic E-state index is 0.858. The van der Waals surface area contributed by atoms with Crippen molar-refractivity contribution in [1.29, 1.82) is 0 Å². The summed E-state index contributed by atoms with van der Waals surface area (Å²) in [4.78, 5) is 2.66. The van der Waals surface area contributed by atoms with Gasteiger partial charge in [0.25, 0.3) is 0 Å². The molecule has 0 bridgehead atoms. The number of hydrogen-bond donors (Lipinski definition) is 1. The molecule has 1 fully saturated rings. The number of nitrogens with two attached hydrogens (primary N) is 1. The average Bonchev–Trinajstić information content (AvgIpc) is 2.60. The normalized spacial score (nSPS) is 24.0. The fourth-order valence-corrected chi connectivity index (χ4v) is 2.29. The minimum atomic E-state index is 0.858. The molecule has 1 saturated heterocycles. The molecule has 13 heavy (non-hydrogen) atoms. The van der Waals surface area contributed by atoms with Gasteiger partial charge >= 0.3 is 0 Å². The summed E-state index contributed by atoms with van der Waals surface area (Å²) >= 11 is 0. The van der Waals surface area contributed by atoms with E-state index in [1.807, 2.05) is 0 Å². The zero-order valence-corrected chi connectivity index (χ0v) is 8.97. The third-order valence-electron chi connectivity index (χ3n) is 3.12. The summed E-state index contributed by atoms with van der Waals surface area (Å²) < 4.78 is 0. The standard InChI is InChI=1S/C11H24N2/c1-2-11-7-6-10-13(11)9-5-3-4-8-12/h11H,2-10,12H2,1H3. The molecule has 2 nitrogen and oxygen atoms in total. The van der Waals surface area contributed by atoms with Crippen LogP contribution in [-0.2, 0) is 0 Å². The SMILES string of the molecule is CCC1CCCN1CCCCCN. The maximum atomic E-state index is 5.46. The molecule has 0 aromatic carbocycles. The Kier molecular flexibility index (Phi) is 5.40. The highest BCUT2D eigenvalue weighted by Gasteiger charge is 2.21. The molecule has 0 aromatic heterocycles. The summed E-state index contributed by atoms with van der Waals surface area (Å²) in [5, 5.41) is 0. The van der Waals surface area contributed by atoms with Crippen molar-refractivity contribution in [2.24, 2.45) is 5.73 Å². The smallest absolute Gasteiger partial charge is 0.00931 e. The highest BCUT2D eigenvalue weighted by molar-refractivity contribution is 4.77. The lowest BCUT2D eigenvalue weighted by Crippen LogP contribution is -2.29. The van der Waals surface area contributed by atoms with Gasteiger partial charge in [-0.25, -0.2) is 0 Å². The van der Waals surface area contributed by atoms with Gasteiger partial charge in [0.05, 0.1) is 0 Å². The third-order valence-corrected chi connectivity index (χ3v) is 3.12. The average molecular weight is 184 g/mol. The van der Waals surface area contributed by atoms with E-state index in [1.54, 1.807) is 0 Å². The fourth-order valence-electron chi connectivity index (χ4n) is 2.29. The lowest BCUT2D eigenvalue weighted by atomic mass is 10.1. The molecule has 1 rings (SSSR count). The van der Waals surface area contributed by atoms with Crippen LogP contribution in [0, 0.1) is 0 Å². The van der Waals surface area contributed by atoms with Gasteiger partial charge in [0.1, 0.15) is 0 Å². The number of likely N-dealkylation sites (tertiary alicyclic amines) is 1. The van der Waals surface area contributed by atoms with Gasteiger partial charge in [0.2, 0.25) is 0 Å². The van der Waals surface area contributed by atoms with E-state index in [-0.39, 0.29) is 0 Å². The predicted octanol–water partition coefficient (Wildman–Crippen LogP) is 1.99. The molecule has 1 atom stereocenters. The predicted molar refractivity (Wildman–Crippen MR) is 57.8 cm³/mol. The number of nitrogens with zero attached hydrogens (tertiary/aromatic N) is 1. The van der Waals surface area contributed by atoms with Crippen LogP contribution in [0.1, 0.15) is 45.4 Å². The molecule has 0 amide bonds. The van der Waals surface area contributed by atoms with Crippen LogP contribution in [-0.4, -0.2) is 30.6 Å². The van der Waals surface area contributed by atoms with Crippen molar-refractivity contribution in [1.82, 2.24) is 4.90 Å². The van der Waals surface area contributed by atoms with Gasteiger partial charge < -0.3 is 10.6 Å². The van der Waals surface area contributed by atoms with Crippen molar-refractivity contribution in [3.63, 3.8) is 0 Å². The van der Waals surface area contributed by atoms with Crippen LogP contribution in [0.25, 0.3) is 0 Å². The molecular formula is C11H24N2. The first-order valence-corrected chi connectivity index (χ1v) is 5.82. The van der Waals surface area contributed by atoms with Crippen molar-refractivity contribution in [2.45, 2.75) is 51.5 Å². The van der Waals surface area contributed by atoms with Gasteiger partial charge in [-0.15, -0.1) is 0 Å². The van der Waals surface area contributed by atoms with Gasteiger partial charge in [-0.2, -0.15) is 0 Å². The topological polar surface area (TPSA) is 29.3 Å². The number of unbranched alkanes of at least 4 members (excludes halogenated alkanes) is 2. The van der Waals surface area contributed by atoms with Gasteiger partial charge in [0.15, 0.2) is 0 Å². The Hall–Kier alpha value is -0.0800. The van der Waals surface area contributed by atoms with E-state index in [4.69, 9.17) is 5.73 Å². The van der Waals surface area contributed by atoms with Gasteiger partial charge in [-0.05, 0) is 51.7 Å². The van der Waals surface area contributed by atoms with Crippen LogP contribution in [0.4, 0.5) is 0 Å². The molecule has 1 aliphatic heterocycles. The van der Waals surface area contributed by atoms with E-state index in [9.17, 15) is 0 Å². The molecule has 78 valence electrons. The van der Waals surface area contributed by atoms with Crippen molar-refractivity contribution >= 4 is 0 Å². The summed E-state index contributed by atoms with van der Waals surface area (Å²) in [5.41, 5.74) is 5.46.